The minimum atomic E-state index is -0.415. The first-order chi connectivity index (χ1) is 15.4. The first-order valence-electron chi connectivity index (χ1n) is 9.90. The van der Waals surface area contributed by atoms with E-state index >= 15 is 0 Å². The summed E-state index contributed by atoms with van der Waals surface area (Å²) in [6, 6.07) is 21.1. The number of rotatable bonds is 5. The molecule has 2 amide bonds. The van der Waals surface area contributed by atoms with Gasteiger partial charge in [0.15, 0.2) is 0 Å². The summed E-state index contributed by atoms with van der Waals surface area (Å²) in [4.78, 5) is 35.2. The van der Waals surface area contributed by atoms with E-state index in [1.165, 1.54) is 14.0 Å². The average molecular weight is 426 g/mol. The molecule has 0 radical (unpaired) electrons. The maximum Gasteiger partial charge on any atom is 0.337 e. The number of anilines is 1. The van der Waals surface area contributed by atoms with Gasteiger partial charge in [0.05, 0.1) is 12.7 Å². The zero-order valence-electron chi connectivity index (χ0n) is 17.8. The molecule has 160 valence electrons. The molecule has 0 saturated carbocycles. The van der Waals surface area contributed by atoms with Crippen molar-refractivity contribution in [2.75, 3.05) is 12.4 Å². The van der Waals surface area contributed by atoms with Crippen LogP contribution < -0.4 is 10.6 Å². The lowest BCUT2D eigenvalue weighted by Crippen LogP contribution is -2.19. The van der Waals surface area contributed by atoms with Crippen molar-refractivity contribution in [2.45, 2.75) is 13.5 Å². The molecule has 6 nitrogen and oxygen atoms in total. The van der Waals surface area contributed by atoms with Crippen molar-refractivity contribution in [3.63, 3.8) is 0 Å². The van der Waals surface area contributed by atoms with E-state index in [-0.39, 0.29) is 11.8 Å². The molecular weight excluding hydrogens is 404 g/mol. The van der Waals surface area contributed by atoms with Crippen LogP contribution in [0.3, 0.4) is 0 Å². The molecule has 3 aromatic rings. The Kier molecular flexibility index (Phi) is 7.39. The number of ether oxygens (including phenoxy) is 1. The summed E-state index contributed by atoms with van der Waals surface area (Å²) in [5, 5.41) is 5.58. The molecule has 32 heavy (non-hydrogen) atoms. The maximum atomic E-state index is 12.6. The van der Waals surface area contributed by atoms with Crippen LogP contribution in [0.1, 0.15) is 44.3 Å². The van der Waals surface area contributed by atoms with Gasteiger partial charge >= 0.3 is 5.97 Å². The number of amides is 2. The van der Waals surface area contributed by atoms with E-state index in [1.807, 2.05) is 6.07 Å². The maximum absolute atomic E-state index is 12.6. The number of carbonyl (C=O) groups excluding carboxylic acids is 3. The lowest BCUT2D eigenvalue weighted by Gasteiger charge is -2.07. The summed E-state index contributed by atoms with van der Waals surface area (Å²) >= 11 is 0. The predicted molar refractivity (Wildman–Crippen MR) is 122 cm³/mol. The fourth-order valence-corrected chi connectivity index (χ4v) is 2.86. The van der Waals surface area contributed by atoms with E-state index in [2.05, 4.69) is 22.5 Å². The SMILES string of the molecule is COC(=O)c1cccc(C#Cc2cccc(NC(=O)c3ccc(CNC(C)=O)cc3)c2)c1. The van der Waals surface area contributed by atoms with Gasteiger partial charge in [-0.15, -0.1) is 0 Å². The Labute approximate surface area is 186 Å². The van der Waals surface area contributed by atoms with Crippen LogP contribution in [0.15, 0.2) is 72.8 Å². The van der Waals surface area contributed by atoms with Crippen LogP contribution in [0.5, 0.6) is 0 Å². The van der Waals surface area contributed by atoms with Crippen molar-refractivity contribution in [1.82, 2.24) is 5.32 Å². The highest BCUT2D eigenvalue weighted by molar-refractivity contribution is 6.04. The summed E-state index contributed by atoms with van der Waals surface area (Å²) in [5.41, 5.74) is 3.87. The molecular formula is C26H22N2O4. The first kappa shape index (κ1) is 22.3. The molecule has 0 unspecified atom stereocenters. The fourth-order valence-electron chi connectivity index (χ4n) is 2.86. The summed E-state index contributed by atoms with van der Waals surface area (Å²) in [6.45, 7) is 1.88. The van der Waals surface area contributed by atoms with Crippen molar-refractivity contribution in [2.24, 2.45) is 0 Å². The molecule has 6 heteroatoms. The van der Waals surface area contributed by atoms with Crippen molar-refractivity contribution in [3.8, 4) is 11.8 Å². The molecule has 0 aromatic heterocycles. The second kappa shape index (κ2) is 10.6. The minimum Gasteiger partial charge on any atom is -0.465 e. The Morgan fingerprint density at radius 1 is 0.844 bits per heavy atom. The highest BCUT2D eigenvalue weighted by Crippen LogP contribution is 2.13. The highest BCUT2D eigenvalue weighted by atomic mass is 16.5. The number of esters is 1. The Bertz CT molecular complexity index is 1200. The van der Waals surface area contributed by atoms with Crippen molar-refractivity contribution in [3.05, 3.63) is 101 Å². The molecule has 3 rings (SSSR count). The molecule has 0 aliphatic heterocycles. The van der Waals surface area contributed by atoms with Crippen LogP contribution in [-0.4, -0.2) is 24.9 Å². The standard InChI is InChI=1S/C26H22N2O4/c1-18(29)27-17-21-11-13-22(14-12-21)25(30)28-24-8-4-6-20(16-24)10-9-19-5-3-7-23(15-19)26(31)32-2/h3-8,11-16H,17H2,1-2H3,(H,27,29)(H,28,30). The molecule has 0 bridgehead atoms. The molecule has 2 N–H and O–H groups in total. The third kappa shape index (κ3) is 6.31. The number of nitrogens with one attached hydrogen (secondary N) is 2. The normalized spacial score (nSPS) is 9.81. The molecule has 3 aromatic carbocycles. The minimum absolute atomic E-state index is 0.106. The van der Waals surface area contributed by atoms with Crippen molar-refractivity contribution in [1.29, 1.82) is 0 Å². The molecule has 0 heterocycles. The summed E-state index contributed by atoms with van der Waals surface area (Å²) in [6.07, 6.45) is 0. The van der Waals surface area contributed by atoms with E-state index < -0.39 is 5.97 Å². The average Bonchev–Trinajstić information content (AvgIpc) is 2.81. The van der Waals surface area contributed by atoms with E-state index in [4.69, 9.17) is 4.74 Å². The summed E-state index contributed by atoms with van der Waals surface area (Å²) < 4.78 is 4.73. The molecule has 0 aliphatic carbocycles. The highest BCUT2D eigenvalue weighted by Gasteiger charge is 2.07. The first-order valence-corrected chi connectivity index (χ1v) is 9.90. The largest absolute Gasteiger partial charge is 0.465 e. The molecule has 0 fully saturated rings. The van der Waals surface area contributed by atoms with E-state index in [1.54, 1.807) is 66.7 Å². The number of hydrogen-bond acceptors (Lipinski definition) is 4. The lowest BCUT2D eigenvalue weighted by atomic mass is 10.1. The number of benzene rings is 3. The topological polar surface area (TPSA) is 84.5 Å². The number of methoxy groups -OCH3 is 1. The van der Waals surface area contributed by atoms with E-state index in [0.29, 0.717) is 28.9 Å². The third-order valence-electron chi connectivity index (χ3n) is 4.51. The molecule has 0 aliphatic rings. The van der Waals surface area contributed by atoms with Gasteiger partial charge in [-0.3, -0.25) is 9.59 Å². The summed E-state index contributed by atoms with van der Waals surface area (Å²) in [7, 11) is 1.33. The Morgan fingerprint density at radius 2 is 1.50 bits per heavy atom. The Morgan fingerprint density at radius 3 is 2.16 bits per heavy atom. The van der Waals surface area contributed by atoms with Crippen LogP contribution in [0.4, 0.5) is 5.69 Å². The van der Waals surface area contributed by atoms with Gasteiger partial charge in [-0.05, 0) is 54.1 Å². The predicted octanol–water partition coefficient (Wildman–Crippen LogP) is 3.76. The van der Waals surface area contributed by atoms with Gasteiger partial charge in [-0.25, -0.2) is 4.79 Å². The number of hydrogen-bond donors (Lipinski definition) is 2. The van der Waals surface area contributed by atoms with E-state index in [0.717, 1.165) is 11.1 Å². The zero-order valence-corrected chi connectivity index (χ0v) is 17.8. The van der Waals surface area contributed by atoms with Gasteiger partial charge in [0, 0.05) is 35.8 Å². The van der Waals surface area contributed by atoms with Gasteiger partial charge < -0.3 is 15.4 Å². The quantitative estimate of drug-likeness (QED) is 0.481. The Balaban J connectivity index is 1.68. The number of carbonyl (C=O) groups is 3. The zero-order chi connectivity index (χ0) is 22.9. The van der Waals surface area contributed by atoms with Crippen LogP contribution in [0, 0.1) is 11.8 Å². The second-order valence-electron chi connectivity index (χ2n) is 6.96. The molecule has 0 spiro atoms. The second-order valence-corrected chi connectivity index (χ2v) is 6.96. The summed E-state index contributed by atoms with van der Waals surface area (Å²) in [5.74, 6) is 5.30. The van der Waals surface area contributed by atoms with Crippen LogP contribution in [0.25, 0.3) is 0 Å². The van der Waals surface area contributed by atoms with Crippen LogP contribution in [0.2, 0.25) is 0 Å². The van der Waals surface area contributed by atoms with Gasteiger partial charge in [-0.1, -0.05) is 36.1 Å². The smallest absolute Gasteiger partial charge is 0.337 e. The lowest BCUT2D eigenvalue weighted by molar-refractivity contribution is -0.119. The van der Waals surface area contributed by atoms with Gasteiger partial charge in [0.25, 0.3) is 5.91 Å². The third-order valence-corrected chi connectivity index (χ3v) is 4.51. The van der Waals surface area contributed by atoms with Crippen molar-refractivity contribution >= 4 is 23.5 Å². The Hall–Kier alpha value is -4.37. The van der Waals surface area contributed by atoms with Gasteiger partial charge in [0.1, 0.15) is 0 Å². The van der Waals surface area contributed by atoms with Crippen LogP contribution in [-0.2, 0) is 16.1 Å². The monoisotopic (exact) mass is 426 g/mol. The molecule has 0 atom stereocenters. The fraction of sp³-hybridized carbons (Fsp3) is 0.115. The van der Waals surface area contributed by atoms with Crippen molar-refractivity contribution < 1.29 is 19.1 Å². The van der Waals surface area contributed by atoms with E-state index in [9.17, 15) is 14.4 Å². The van der Waals surface area contributed by atoms with Gasteiger partial charge in [-0.2, -0.15) is 0 Å². The molecule has 0 saturated heterocycles. The van der Waals surface area contributed by atoms with Crippen LogP contribution >= 0.6 is 0 Å². The van der Waals surface area contributed by atoms with Gasteiger partial charge in [0.2, 0.25) is 5.91 Å².